The summed E-state index contributed by atoms with van der Waals surface area (Å²) in [6.07, 6.45) is -2.44. The van der Waals surface area contributed by atoms with E-state index in [1.54, 1.807) is 0 Å². The van der Waals surface area contributed by atoms with E-state index in [0.29, 0.717) is 11.5 Å². The summed E-state index contributed by atoms with van der Waals surface area (Å²) >= 11 is 1.45. The van der Waals surface area contributed by atoms with Gasteiger partial charge in [-0.2, -0.15) is 11.8 Å². The molecule has 0 bridgehead atoms. The highest BCUT2D eigenvalue weighted by molar-refractivity contribution is 7.99. The molecule has 0 saturated carbocycles. The highest BCUT2D eigenvalue weighted by atomic mass is 32.2. The predicted octanol–water partition coefficient (Wildman–Crippen LogP) is -1.18. The van der Waals surface area contributed by atoms with Gasteiger partial charge in [0.25, 0.3) is 0 Å². The minimum atomic E-state index is -0.939. The zero-order valence-electron chi connectivity index (χ0n) is 4.90. The highest BCUT2D eigenvalue weighted by Crippen LogP contribution is 2.17. The van der Waals surface area contributed by atoms with E-state index in [2.05, 4.69) is 0 Å². The van der Waals surface area contributed by atoms with Gasteiger partial charge in [0.1, 0.15) is 6.10 Å². The van der Waals surface area contributed by atoms with Gasteiger partial charge < -0.3 is 15.3 Å². The van der Waals surface area contributed by atoms with E-state index in [0.717, 1.165) is 0 Å². The monoisotopic (exact) mass is 150 g/mol. The number of aliphatic hydroxyl groups is 3. The highest BCUT2D eigenvalue weighted by Gasteiger charge is 2.28. The maximum absolute atomic E-state index is 8.93. The van der Waals surface area contributed by atoms with Gasteiger partial charge in [-0.15, -0.1) is 0 Å². The van der Waals surface area contributed by atoms with Crippen molar-refractivity contribution in [1.82, 2.24) is 0 Å². The summed E-state index contributed by atoms with van der Waals surface area (Å²) in [6.45, 7) is 0. The van der Waals surface area contributed by atoms with Gasteiger partial charge in [0.05, 0.1) is 12.2 Å². The Labute approximate surface area is 57.7 Å². The zero-order chi connectivity index (χ0) is 6.85. The average Bonchev–Trinajstić information content (AvgIpc) is 1.83. The normalized spacial score (nSPS) is 45.0. The van der Waals surface area contributed by atoms with Gasteiger partial charge in [0.15, 0.2) is 0 Å². The van der Waals surface area contributed by atoms with Crippen LogP contribution in [-0.4, -0.2) is 45.1 Å². The van der Waals surface area contributed by atoms with Gasteiger partial charge in [0.2, 0.25) is 0 Å². The molecule has 9 heavy (non-hydrogen) atoms. The van der Waals surface area contributed by atoms with Gasteiger partial charge >= 0.3 is 0 Å². The number of rotatable bonds is 0. The first-order valence-electron chi connectivity index (χ1n) is 2.84. The van der Waals surface area contributed by atoms with Crippen molar-refractivity contribution in [1.29, 1.82) is 0 Å². The van der Waals surface area contributed by atoms with Crippen LogP contribution < -0.4 is 0 Å². The molecule has 3 atom stereocenters. The first-order chi connectivity index (χ1) is 4.22. The molecule has 0 radical (unpaired) electrons. The summed E-state index contributed by atoms with van der Waals surface area (Å²) in [5.74, 6) is 1.05. The maximum atomic E-state index is 8.93. The van der Waals surface area contributed by atoms with Crippen LogP contribution in [-0.2, 0) is 0 Å². The van der Waals surface area contributed by atoms with Crippen molar-refractivity contribution < 1.29 is 15.3 Å². The molecule has 0 aromatic heterocycles. The van der Waals surface area contributed by atoms with E-state index in [1.807, 2.05) is 0 Å². The lowest BCUT2D eigenvalue weighted by Crippen LogP contribution is -2.43. The number of aliphatic hydroxyl groups excluding tert-OH is 3. The third-order valence-electron chi connectivity index (χ3n) is 1.37. The number of thioether (sulfide) groups is 1. The molecule has 0 aromatic rings. The Hall–Kier alpha value is 0.230. The summed E-state index contributed by atoms with van der Waals surface area (Å²) in [5, 5.41) is 26.8. The Morgan fingerprint density at radius 2 is 1.44 bits per heavy atom. The van der Waals surface area contributed by atoms with Crippen LogP contribution in [0.15, 0.2) is 0 Å². The Kier molecular flexibility index (Phi) is 2.35. The fraction of sp³-hybridized carbons (Fsp3) is 1.00. The number of hydrogen-bond acceptors (Lipinski definition) is 4. The summed E-state index contributed by atoms with van der Waals surface area (Å²) in [6, 6.07) is 0. The molecule has 2 unspecified atom stereocenters. The molecule has 1 aliphatic rings. The van der Waals surface area contributed by atoms with E-state index in [9.17, 15) is 0 Å². The second-order valence-corrected chi connectivity index (χ2v) is 3.24. The smallest absolute Gasteiger partial charge is 0.107 e. The summed E-state index contributed by atoms with van der Waals surface area (Å²) in [7, 11) is 0. The van der Waals surface area contributed by atoms with Crippen molar-refractivity contribution in [2.45, 2.75) is 18.3 Å². The second kappa shape index (κ2) is 2.88. The minimum absolute atomic E-state index is 0.526. The molecule has 3 nitrogen and oxygen atoms in total. The standard InChI is InChI=1S/C5H10O3S/c6-3-1-9-2-4(7)5(3)8/h3-8H,1-2H2/t3-,4?,5?/m0/s1. The lowest BCUT2D eigenvalue weighted by molar-refractivity contribution is -0.0442. The minimum Gasteiger partial charge on any atom is -0.389 e. The molecule has 0 aromatic carbocycles. The maximum Gasteiger partial charge on any atom is 0.107 e. The largest absolute Gasteiger partial charge is 0.389 e. The van der Waals surface area contributed by atoms with Crippen LogP contribution in [0.2, 0.25) is 0 Å². The Morgan fingerprint density at radius 1 is 1.00 bits per heavy atom. The fourth-order valence-electron chi connectivity index (χ4n) is 0.763. The lowest BCUT2D eigenvalue weighted by atomic mass is 10.1. The number of hydrogen-bond donors (Lipinski definition) is 3. The van der Waals surface area contributed by atoms with E-state index in [1.165, 1.54) is 11.8 Å². The zero-order valence-corrected chi connectivity index (χ0v) is 5.71. The van der Waals surface area contributed by atoms with Crippen LogP contribution in [0.1, 0.15) is 0 Å². The third-order valence-corrected chi connectivity index (χ3v) is 2.52. The van der Waals surface area contributed by atoms with Gasteiger partial charge in [-0.25, -0.2) is 0 Å². The SMILES string of the molecule is OC1CSC[C@H](O)C1O. The van der Waals surface area contributed by atoms with E-state index in [4.69, 9.17) is 15.3 Å². The molecule has 0 spiro atoms. The Morgan fingerprint density at radius 3 is 1.78 bits per heavy atom. The Balaban J connectivity index is 2.41. The Bertz CT molecular complexity index is 88.2. The van der Waals surface area contributed by atoms with Crippen LogP contribution >= 0.6 is 11.8 Å². The molecular formula is C5H10O3S. The van der Waals surface area contributed by atoms with E-state index in [-0.39, 0.29) is 0 Å². The average molecular weight is 150 g/mol. The van der Waals surface area contributed by atoms with Crippen molar-refractivity contribution in [2.24, 2.45) is 0 Å². The van der Waals surface area contributed by atoms with E-state index < -0.39 is 18.3 Å². The quantitative estimate of drug-likeness (QED) is 0.406. The molecule has 54 valence electrons. The summed E-state index contributed by atoms with van der Waals surface area (Å²) < 4.78 is 0. The van der Waals surface area contributed by atoms with E-state index >= 15 is 0 Å². The van der Waals surface area contributed by atoms with Crippen LogP contribution in [0.4, 0.5) is 0 Å². The van der Waals surface area contributed by atoms with Gasteiger partial charge in [-0.1, -0.05) is 0 Å². The molecule has 3 N–H and O–H groups in total. The molecule has 1 rings (SSSR count). The summed E-state index contributed by atoms with van der Waals surface area (Å²) in [4.78, 5) is 0. The molecule has 1 saturated heterocycles. The first-order valence-corrected chi connectivity index (χ1v) is 3.99. The van der Waals surface area contributed by atoms with Crippen molar-refractivity contribution >= 4 is 11.8 Å². The third kappa shape index (κ3) is 1.58. The molecule has 1 aliphatic heterocycles. The predicted molar refractivity (Wildman–Crippen MR) is 35.3 cm³/mol. The molecule has 0 aliphatic carbocycles. The molecule has 1 fully saturated rings. The van der Waals surface area contributed by atoms with Crippen molar-refractivity contribution in [3.8, 4) is 0 Å². The second-order valence-electron chi connectivity index (χ2n) is 2.16. The molecule has 4 heteroatoms. The van der Waals surface area contributed by atoms with Crippen LogP contribution in [0.5, 0.6) is 0 Å². The summed E-state index contributed by atoms with van der Waals surface area (Å²) in [5.41, 5.74) is 0. The molecule has 1 heterocycles. The van der Waals surface area contributed by atoms with Gasteiger partial charge in [0, 0.05) is 11.5 Å². The fourth-order valence-corrected chi connectivity index (χ4v) is 1.78. The topological polar surface area (TPSA) is 60.7 Å². The van der Waals surface area contributed by atoms with Crippen molar-refractivity contribution in [2.75, 3.05) is 11.5 Å². The molecule has 0 amide bonds. The van der Waals surface area contributed by atoms with Gasteiger partial charge in [-0.3, -0.25) is 0 Å². The first kappa shape index (κ1) is 7.34. The lowest BCUT2D eigenvalue weighted by Gasteiger charge is -2.27. The van der Waals surface area contributed by atoms with Crippen molar-refractivity contribution in [3.63, 3.8) is 0 Å². The van der Waals surface area contributed by atoms with Gasteiger partial charge in [-0.05, 0) is 0 Å². The van der Waals surface area contributed by atoms with Crippen LogP contribution in [0.3, 0.4) is 0 Å². The van der Waals surface area contributed by atoms with Crippen LogP contribution in [0.25, 0.3) is 0 Å². The molecular weight excluding hydrogens is 140 g/mol. The van der Waals surface area contributed by atoms with Crippen molar-refractivity contribution in [3.05, 3.63) is 0 Å². The van der Waals surface area contributed by atoms with Crippen LogP contribution in [0, 0.1) is 0 Å².